The van der Waals surface area contributed by atoms with Gasteiger partial charge in [0.25, 0.3) is 0 Å². The maximum atomic E-state index is 12.5. The second kappa shape index (κ2) is 5.93. The lowest BCUT2D eigenvalue weighted by atomic mass is 9.77. The molecule has 0 aliphatic carbocycles. The molecule has 1 saturated heterocycles. The number of rotatable bonds is 3. The summed E-state index contributed by atoms with van der Waals surface area (Å²) in [6.07, 6.45) is 2.82. The van der Waals surface area contributed by atoms with Crippen molar-refractivity contribution < 1.29 is 4.79 Å². The van der Waals surface area contributed by atoms with Crippen LogP contribution in [-0.4, -0.2) is 19.0 Å². The van der Waals surface area contributed by atoms with Gasteiger partial charge in [0.1, 0.15) is 0 Å². The number of halogens is 1. The van der Waals surface area contributed by atoms with E-state index >= 15 is 0 Å². The highest BCUT2D eigenvalue weighted by atomic mass is 35.5. The molecule has 2 N–H and O–H groups in total. The fourth-order valence-corrected chi connectivity index (χ4v) is 2.88. The topological polar surface area (TPSA) is 41.1 Å². The van der Waals surface area contributed by atoms with Gasteiger partial charge in [0.15, 0.2) is 0 Å². The Bertz CT molecular complexity index is 467. The standard InChI is InChI=1S/C15H21ClN2O/c1-3-15(7-4-8-17-10-15)14(19)18-13-6-5-11(2)9-12(13)16/h5-6,9,17H,3-4,7-8,10H2,1-2H3,(H,18,19). The zero-order valence-corrected chi connectivity index (χ0v) is 12.3. The molecule has 1 atom stereocenters. The number of carbonyl (C=O) groups is 1. The zero-order valence-electron chi connectivity index (χ0n) is 11.6. The van der Waals surface area contributed by atoms with Crippen molar-refractivity contribution in [1.82, 2.24) is 5.32 Å². The molecule has 1 amide bonds. The van der Waals surface area contributed by atoms with Crippen LogP contribution >= 0.6 is 11.6 Å². The highest BCUT2D eigenvalue weighted by molar-refractivity contribution is 6.33. The fraction of sp³-hybridized carbons (Fsp3) is 0.533. The molecule has 1 unspecified atom stereocenters. The Balaban J connectivity index is 2.15. The monoisotopic (exact) mass is 280 g/mol. The van der Waals surface area contributed by atoms with Crippen molar-refractivity contribution in [2.75, 3.05) is 18.4 Å². The summed E-state index contributed by atoms with van der Waals surface area (Å²) in [4.78, 5) is 12.5. The van der Waals surface area contributed by atoms with Gasteiger partial charge in [-0.3, -0.25) is 4.79 Å². The molecule has 1 aliphatic rings. The molecule has 1 aliphatic heterocycles. The number of hydrogen-bond donors (Lipinski definition) is 2. The first-order valence-corrected chi connectivity index (χ1v) is 7.23. The smallest absolute Gasteiger partial charge is 0.231 e. The van der Waals surface area contributed by atoms with Crippen molar-refractivity contribution in [2.45, 2.75) is 33.1 Å². The Kier molecular flexibility index (Phi) is 4.48. The maximum absolute atomic E-state index is 12.5. The first kappa shape index (κ1) is 14.4. The minimum atomic E-state index is -0.299. The van der Waals surface area contributed by atoms with Crippen molar-refractivity contribution in [2.24, 2.45) is 5.41 Å². The number of benzene rings is 1. The SMILES string of the molecule is CCC1(C(=O)Nc2ccc(C)cc2Cl)CCCNC1. The van der Waals surface area contributed by atoms with E-state index in [1.165, 1.54) is 0 Å². The van der Waals surface area contributed by atoms with Gasteiger partial charge in [-0.05, 0) is 50.4 Å². The van der Waals surface area contributed by atoms with Gasteiger partial charge in [-0.15, -0.1) is 0 Å². The van der Waals surface area contributed by atoms with Crippen molar-refractivity contribution >= 4 is 23.2 Å². The van der Waals surface area contributed by atoms with Crippen molar-refractivity contribution in [3.63, 3.8) is 0 Å². The maximum Gasteiger partial charge on any atom is 0.231 e. The third-order valence-electron chi connectivity index (χ3n) is 4.00. The molecular weight excluding hydrogens is 260 g/mol. The van der Waals surface area contributed by atoms with Crippen LogP contribution < -0.4 is 10.6 Å². The third-order valence-corrected chi connectivity index (χ3v) is 4.32. The van der Waals surface area contributed by atoms with E-state index in [2.05, 4.69) is 17.6 Å². The van der Waals surface area contributed by atoms with E-state index in [0.29, 0.717) is 10.7 Å². The summed E-state index contributed by atoms with van der Waals surface area (Å²) < 4.78 is 0. The predicted molar refractivity (Wildman–Crippen MR) is 79.6 cm³/mol. The van der Waals surface area contributed by atoms with Gasteiger partial charge < -0.3 is 10.6 Å². The summed E-state index contributed by atoms with van der Waals surface area (Å²) in [5.41, 5.74) is 1.50. The van der Waals surface area contributed by atoms with Crippen molar-refractivity contribution in [3.05, 3.63) is 28.8 Å². The van der Waals surface area contributed by atoms with Crippen LogP contribution in [0.15, 0.2) is 18.2 Å². The summed E-state index contributed by atoms with van der Waals surface area (Å²) >= 11 is 6.17. The third kappa shape index (κ3) is 3.10. The van der Waals surface area contributed by atoms with Crippen molar-refractivity contribution in [1.29, 1.82) is 0 Å². The molecular formula is C15H21ClN2O. The Morgan fingerprint density at radius 2 is 2.32 bits per heavy atom. The van der Waals surface area contributed by atoms with Gasteiger partial charge in [0, 0.05) is 6.54 Å². The molecule has 1 fully saturated rings. The lowest BCUT2D eigenvalue weighted by Crippen LogP contribution is -2.47. The summed E-state index contributed by atoms with van der Waals surface area (Å²) in [7, 11) is 0. The number of anilines is 1. The highest BCUT2D eigenvalue weighted by Crippen LogP contribution is 2.33. The van der Waals surface area contributed by atoms with Gasteiger partial charge >= 0.3 is 0 Å². The molecule has 0 saturated carbocycles. The van der Waals surface area contributed by atoms with E-state index in [-0.39, 0.29) is 11.3 Å². The molecule has 0 spiro atoms. The van der Waals surface area contributed by atoms with E-state index in [1.54, 1.807) is 0 Å². The first-order chi connectivity index (χ1) is 9.07. The second-order valence-electron chi connectivity index (χ2n) is 5.35. The minimum absolute atomic E-state index is 0.0768. The summed E-state index contributed by atoms with van der Waals surface area (Å²) in [6.45, 7) is 5.80. The predicted octanol–water partition coefficient (Wildman–Crippen LogP) is 3.37. The number of amides is 1. The zero-order chi connectivity index (χ0) is 13.9. The molecule has 19 heavy (non-hydrogen) atoms. The van der Waals surface area contributed by atoms with Gasteiger partial charge in [0.05, 0.1) is 16.1 Å². The minimum Gasteiger partial charge on any atom is -0.324 e. The van der Waals surface area contributed by atoms with Gasteiger partial charge in [-0.1, -0.05) is 24.6 Å². The van der Waals surface area contributed by atoms with E-state index in [0.717, 1.165) is 37.9 Å². The van der Waals surface area contributed by atoms with Crippen LogP contribution in [0.1, 0.15) is 31.7 Å². The Morgan fingerprint density at radius 3 is 2.89 bits per heavy atom. The van der Waals surface area contributed by atoms with E-state index in [4.69, 9.17) is 11.6 Å². The molecule has 1 aromatic carbocycles. The Labute approximate surface area is 119 Å². The van der Waals surface area contributed by atoms with E-state index in [1.807, 2.05) is 25.1 Å². The van der Waals surface area contributed by atoms with E-state index in [9.17, 15) is 4.79 Å². The lowest BCUT2D eigenvalue weighted by Gasteiger charge is -2.35. The van der Waals surface area contributed by atoms with Crippen LogP contribution in [0.5, 0.6) is 0 Å². The molecule has 0 aromatic heterocycles. The summed E-state index contributed by atoms with van der Waals surface area (Å²) in [5, 5.41) is 6.91. The van der Waals surface area contributed by atoms with Gasteiger partial charge in [-0.25, -0.2) is 0 Å². The average Bonchev–Trinajstić information content (AvgIpc) is 2.42. The number of nitrogens with one attached hydrogen (secondary N) is 2. The van der Waals surface area contributed by atoms with E-state index < -0.39 is 0 Å². The summed E-state index contributed by atoms with van der Waals surface area (Å²) in [6, 6.07) is 5.70. The first-order valence-electron chi connectivity index (χ1n) is 6.86. The van der Waals surface area contributed by atoms with Crippen LogP contribution in [-0.2, 0) is 4.79 Å². The molecule has 4 heteroatoms. The molecule has 0 radical (unpaired) electrons. The van der Waals surface area contributed by atoms with Crippen LogP contribution in [0.3, 0.4) is 0 Å². The molecule has 2 rings (SSSR count). The summed E-state index contributed by atoms with van der Waals surface area (Å²) in [5.74, 6) is 0.0768. The second-order valence-corrected chi connectivity index (χ2v) is 5.76. The number of aryl methyl sites for hydroxylation is 1. The Morgan fingerprint density at radius 1 is 1.53 bits per heavy atom. The fourth-order valence-electron chi connectivity index (χ4n) is 2.60. The molecule has 0 bridgehead atoms. The van der Waals surface area contributed by atoms with Gasteiger partial charge in [0.2, 0.25) is 5.91 Å². The van der Waals surface area contributed by atoms with Crippen LogP contribution in [0.4, 0.5) is 5.69 Å². The van der Waals surface area contributed by atoms with Crippen molar-refractivity contribution in [3.8, 4) is 0 Å². The highest BCUT2D eigenvalue weighted by Gasteiger charge is 2.37. The van der Waals surface area contributed by atoms with Crippen LogP contribution in [0.25, 0.3) is 0 Å². The van der Waals surface area contributed by atoms with Crippen LogP contribution in [0.2, 0.25) is 5.02 Å². The normalized spacial score (nSPS) is 23.1. The number of carbonyl (C=O) groups excluding carboxylic acids is 1. The molecule has 3 nitrogen and oxygen atoms in total. The largest absolute Gasteiger partial charge is 0.324 e. The quantitative estimate of drug-likeness (QED) is 0.891. The molecule has 1 heterocycles. The number of hydrogen-bond acceptors (Lipinski definition) is 2. The lowest BCUT2D eigenvalue weighted by molar-refractivity contribution is -0.126. The van der Waals surface area contributed by atoms with Crippen LogP contribution in [0, 0.1) is 12.3 Å². The molecule has 104 valence electrons. The number of piperidine rings is 1. The average molecular weight is 281 g/mol. The molecule has 1 aromatic rings. The van der Waals surface area contributed by atoms with Gasteiger partial charge in [-0.2, -0.15) is 0 Å². The Hall–Kier alpha value is -1.06.